The second-order valence-electron chi connectivity index (χ2n) is 13.6. The molecule has 0 saturated carbocycles. The van der Waals surface area contributed by atoms with Crippen molar-refractivity contribution in [3.63, 3.8) is 0 Å². The molecule has 0 atom stereocenters. The minimum absolute atomic E-state index is 0.0692. The van der Waals surface area contributed by atoms with Crippen LogP contribution in [0.1, 0.15) is 63.8 Å². The number of likely N-dealkylation sites (N-methyl/N-ethyl adjacent to an activating group) is 1. The third-order valence-electron chi connectivity index (χ3n) is 8.55. The van der Waals surface area contributed by atoms with Crippen LogP contribution in [0.2, 0.25) is 0 Å². The van der Waals surface area contributed by atoms with E-state index >= 15 is 0 Å². The molecule has 0 unspecified atom stereocenters. The number of nitrogens with zero attached hydrogens (tertiary/aromatic N) is 5. The van der Waals surface area contributed by atoms with Crippen molar-refractivity contribution in [2.24, 2.45) is 12.5 Å². The second-order valence-corrected chi connectivity index (χ2v) is 13.6. The van der Waals surface area contributed by atoms with Gasteiger partial charge in [0.15, 0.2) is 0 Å². The fourth-order valence-electron chi connectivity index (χ4n) is 5.29. The number of aliphatic hydroxyl groups is 1. The number of amides is 1. The van der Waals surface area contributed by atoms with Gasteiger partial charge in [-0.3, -0.25) is 14.4 Å². The van der Waals surface area contributed by atoms with Crippen molar-refractivity contribution in [2.75, 3.05) is 19.4 Å². The van der Waals surface area contributed by atoms with Crippen LogP contribution in [0.3, 0.4) is 0 Å². The summed E-state index contributed by atoms with van der Waals surface area (Å²) < 4.78 is 17.2. The van der Waals surface area contributed by atoms with Crippen molar-refractivity contribution in [1.29, 1.82) is 0 Å². The van der Waals surface area contributed by atoms with Gasteiger partial charge in [0.1, 0.15) is 17.3 Å². The molecule has 48 heavy (non-hydrogen) atoms. The zero-order valence-corrected chi connectivity index (χ0v) is 29.0. The van der Waals surface area contributed by atoms with E-state index in [1.54, 1.807) is 76.0 Å². The zero-order chi connectivity index (χ0) is 35.7. The molecule has 3 heterocycles. The zero-order valence-electron chi connectivity index (χ0n) is 29.0. The third kappa shape index (κ3) is 7.06. The molecule has 1 amide bonds. The van der Waals surface area contributed by atoms with Crippen molar-refractivity contribution in [3.8, 4) is 16.8 Å². The first kappa shape index (κ1) is 35.7. The number of aliphatic hydroxyl groups excluding tert-OH is 1. The number of anilines is 2. The number of rotatable bonds is 9. The van der Waals surface area contributed by atoms with Gasteiger partial charge in [0.05, 0.1) is 29.5 Å². The molecule has 0 aliphatic rings. The molecule has 11 heteroatoms. The Morgan fingerprint density at radius 1 is 1.08 bits per heavy atom. The van der Waals surface area contributed by atoms with Gasteiger partial charge in [-0.1, -0.05) is 57.2 Å². The van der Waals surface area contributed by atoms with Crippen molar-refractivity contribution in [2.45, 2.75) is 53.6 Å². The summed E-state index contributed by atoms with van der Waals surface area (Å²) in [5.74, 6) is -0.572. The largest absolute Gasteiger partial charge is 0.392 e. The molecule has 0 spiro atoms. The third-order valence-corrected chi connectivity index (χ3v) is 8.55. The lowest BCUT2D eigenvalue weighted by Crippen LogP contribution is -2.39. The topological polar surface area (TPSA) is 122 Å². The molecule has 10 nitrogen and oxygen atoms in total. The molecule has 1 aromatic carbocycles. The number of halogens is 1. The normalized spacial score (nSPS) is 12.2. The average molecular weight is 655 g/mol. The lowest BCUT2D eigenvalue weighted by Gasteiger charge is -2.27. The Hall–Kier alpha value is -5.16. The van der Waals surface area contributed by atoms with E-state index in [-0.39, 0.29) is 33.8 Å². The number of aromatic nitrogens is 4. The van der Waals surface area contributed by atoms with Crippen LogP contribution >= 0.6 is 0 Å². The Morgan fingerprint density at radius 2 is 1.77 bits per heavy atom. The molecule has 0 saturated heterocycles. The summed E-state index contributed by atoms with van der Waals surface area (Å²) in [5.41, 5.74) is 1.57. The van der Waals surface area contributed by atoms with Gasteiger partial charge in [0, 0.05) is 50.2 Å². The number of carbonyl (C=O) groups excluding carboxylic acids is 1. The molecule has 0 aliphatic heterocycles. The minimum atomic E-state index is -0.894. The summed E-state index contributed by atoms with van der Waals surface area (Å²) in [6.45, 7) is 14.5. The number of carbonyl (C=O) groups is 1. The van der Waals surface area contributed by atoms with Crippen LogP contribution in [0.25, 0.3) is 28.7 Å². The van der Waals surface area contributed by atoms with E-state index in [1.807, 2.05) is 41.5 Å². The Kier molecular flexibility index (Phi) is 10.1. The Labute approximate surface area is 279 Å². The van der Waals surface area contributed by atoms with Crippen molar-refractivity contribution in [1.82, 2.24) is 24.2 Å². The summed E-state index contributed by atoms with van der Waals surface area (Å²) in [6.07, 6.45) is 6.36. The summed E-state index contributed by atoms with van der Waals surface area (Å²) in [5, 5.41) is 18.0. The van der Waals surface area contributed by atoms with E-state index in [1.165, 1.54) is 15.7 Å². The highest BCUT2D eigenvalue weighted by atomic mass is 19.1. The number of aryl methyl sites for hydroxylation is 1. The minimum Gasteiger partial charge on any atom is -0.392 e. The maximum absolute atomic E-state index is 14.8. The van der Waals surface area contributed by atoms with Gasteiger partial charge in [-0.15, -0.1) is 0 Å². The van der Waals surface area contributed by atoms with E-state index in [4.69, 9.17) is 0 Å². The maximum Gasteiger partial charge on any atom is 0.282 e. The number of allylic oxidation sites excluding steroid dienone is 1. The lowest BCUT2D eigenvalue weighted by atomic mass is 9.84. The number of benzene rings is 1. The molecule has 4 aromatic rings. The highest BCUT2D eigenvalue weighted by Gasteiger charge is 2.31. The molecule has 0 aliphatic carbocycles. The fourth-order valence-corrected chi connectivity index (χ4v) is 5.29. The molecule has 3 aromatic heterocycles. The molecule has 4 rings (SSSR count). The SMILES string of the molecule is C=C(F)c1c(/C=C(\C)C(C)(C)C)cnn(-c2cccc(-c3cc(Nc4ccc(C(C)(C)C(=O)N(C)C)cn4)c(=O)n(C)c3)c2CO)c1=O. The van der Waals surface area contributed by atoms with E-state index in [0.717, 1.165) is 15.8 Å². The highest BCUT2D eigenvalue weighted by molar-refractivity contribution is 5.87. The Balaban J connectivity index is 1.79. The summed E-state index contributed by atoms with van der Waals surface area (Å²) in [7, 11) is 5.00. The van der Waals surface area contributed by atoms with Crippen LogP contribution in [0.15, 0.2) is 76.7 Å². The van der Waals surface area contributed by atoms with Gasteiger partial charge in [0.25, 0.3) is 11.1 Å². The number of pyridine rings is 2. The quantitative estimate of drug-likeness (QED) is 0.228. The maximum atomic E-state index is 14.8. The van der Waals surface area contributed by atoms with Gasteiger partial charge in [0.2, 0.25) is 5.91 Å². The molecular formula is C37H43FN6O4. The van der Waals surface area contributed by atoms with Crippen LogP contribution in [0, 0.1) is 5.41 Å². The van der Waals surface area contributed by atoms with Gasteiger partial charge in [-0.25, -0.2) is 9.37 Å². The molecule has 0 fully saturated rings. The van der Waals surface area contributed by atoms with Gasteiger partial charge < -0.3 is 19.9 Å². The Morgan fingerprint density at radius 3 is 2.33 bits per heavy atom. The van der Waals surface area contributed by atoms with Crippen molar-refractivity contribution in [3.05, 3.63) is 110 Å². The number of nitrogens with one attached hydrogen (secondary N) is 1. The van der Waals surface area contributed by atoms with E-state index in [2.05, 4.69) is 22.0 Å². The summed E-state index contributed by atoms with van der Waals surface area (Å²) >= 11 is 0. The predicted molar refractivity (Wildman–Crippen MR) is 189 cm³/mol. The van der Waals surface area contributed by atoms with Crippen LogP contribution in [-0.4, -0.2) is 49.3 Å². The van der Waals surface area contributed by atoms with Crippen LogP contribution in [-0.2, 0) is 23.9 Å². The smallest absolute Gasteiger partial charge is 0.282 e. The molecule has 252 valence electrons. The second kappa shape index (κ2) is 13.5. The molecular weight excluding hydrogens is 611 g/mol. The standard InChI is InChI=1S/C37H43FN6O4/c1-22(36(3,4)5)16-24-18-40-44(34(47)32(24)23(2)38)30-13-11-12-27(28(30)21-45)25-17-29(33(46)43(10)20-25)41-31-15-14-26(19-39-31)37(6,7)35(48)42(8)9/h11-20,45H,2,21H2,1,3-10H3,(H,39,41)/b22-16+. The van der Waals surface area contributed by atoms with E-state index < -0.39 is 23.4 Å². The first-order valence-corrected chi connectivity index (χ1v) is 15.4. The monoisotopic (exact) mass is 654 g/mol. The highest BCUT2D eigenvalue weighted by Crippen LogP contribution is 2.32. The molecule has 2 N–H and O–H groups in total. The first-order chi connectivity index (χ1) is 22.4. The Bertz CT molecular complexity index is 2030. The van der Waals surface area contributed by atoms with Gasteiger partial charge >= 0.3 is 0 Å². The first-order valence-electron chi connectivity index (χ1n) is 15.4. The van der Waals surface area contributed by atoms with Gasteiger partial charge in [-0.05, 0) is 55.5 Å². The van der Waals surface area contributed by atoms with Crippen molar-refractivity contribution >= 4 is 29.3 Å². The number of hydrogen-bond acceptors (Lipinski definition) is 7. The molecule has 0 radical (unpaired) electrons. The van der Waals surface area contributed by atoms with E-state index in [9.17, 15) is 23.9 Å². The van der Waals surface area contributed by atoms with E-state index in [0.29, 0.717) is 28.1 Å². The van der Waals surface area contributed by atoms with Crippen LogP contribution < -0.4 is 16.4 Å². The lowest BCUT2D eigenvalue weighted by molar-refractivity contribution is -0.133. The van der Waals surface area contributed by atoms with Crippen molar-refractivity contribution < 1.29 is 14.3 Å². The van der Waals surface area contributed by atoms with Crippen LogP contribution in [0.5, 0.6) is 0 Å². The number of hydrogen-bond donors (Lipinski definition) is 2. The summed E-state index contributed by atoms with van der Waals surface area (Å²) in [4.78, 5) is 45.5. The van der Waals surface area contributed by atoms with Gasteiger partial charge in [-0.2, -0.15) is 9.78 Å². The predicted octanol–water partition coefficient (Wildman–Crippen LogP) is 5.98. The average Bonchev–Trinajstić information content (AvgIpc) is 3.02. The fraction of sp³-hybridized carbons (Fsp3) is 0.324. The molecule has 0 bridgehead atoms. The summed E-state index contributed by atoms with van der Waals surface area (Å²) in [6, 6.07) is 10.2. The van der Waals surface area contributed by atoms with Crippen LogP contribution in [0.4, 0.5) is 15.9 Å².